The molecule has 16 heavy (non-hydrogen) atoms. The first-order chi connectivity index (χ1) is 7.90. The molecule has 2 aliphatic rings. The summed E-state index contributed by atoms with van der Waals surface area (Å²) in [7, 11) is 0. The van der Waals surface area contributed by atoms with Crippen molar-refractivity contribution in [3.63, 3.8) is 0 Å². The normalized spacial score (nSPS) is 34.3. The standard InChI is InChI=1S/C14H28N2/c1-2-15-12-8-14(9-13-15)16-10-6-4-3-5-7-11-16/h14H,2-13H2,1H3/p+2. The van der Waals surface area contributed by atoms with Crippen LogP contribution in [-0.2, 0) is 0 Å². The minimum absolute atomic E-state index is 1.01. The van der Waals surface area contributed by atoms with E-state index in [9.17, 15) is 0 Å². The lowest BCUT2D eigenvalue weighted by molar-refractivity contribution is -0.957. The molecule has 0 aromatic carbocycles. The molecule has 2 N–H and O–H groups in total. The molecule has 2 nitrogen and oxygen atoms in total. The SMILES string of the molecule is CC[NH+]1CCC([NH+]2CCCCCCC2)CC1. The summed E-state index contributed by atoms with van der Waals surface area (Å²) in [5, 5.41) is 0. The number of hydrogen-bond acceptors (Lipinski definition) is 0. The van der Waals surface area contributed by atoms with Crippen LogP contribution in [0.2, 0.25) is 0 Å². The van der Waals surface area contributed by atoms with Crippen molar-refractivity contribution in [2.75, 3.05) is 32.7 Å². The molecule has 0 unspecified atom stereocenters. The summed E-state index contributed by atoms with van der Waals surface area (Å²) >= 11 is 0. The van der Waals surface area contributed by atoms with Crippen molar-refractivity contribution < 1.29 is 9.80 Å². The highest BCUT2D eigenvalue weighted by atomic mass is 15.2. The summed E-state index contributed by atoms with van der Waals surface area (Å²) in [5.74, 6) is 0. The first-order valence-corrected chi connectivity index (χ1v) is 7.58. The predicted molar refractivity (Wildman–Crippen MR) is 68.0 cm³/mol. The second-order valence-corrected chi connectivity index (χ2v) is 5.80. The lowest BCUT2D eigenvalue weighted by Crippen LogP contribution is -3.20. The molecule has 0 saturated carbocycles. The van der Waals surface area contributed by atoms with Crippen molar-refractivity contribution in [1.29, 1.82) is 0 Å². The van der Waals surface area contributed by atoms with E-state index in [0.717, 1.165) is 6.04 Å². The maximum Gasteiger partial charge on any atom is 0.0983 e. The Morgan fingerprint density at radius 1 is 0.812 bits per heavy atom. The van der Waals surface area contributed by atoms with Gasteiger partial charge in [-0.2, -0.15) is 0 Å². The highest BCUT2D eigenvalue weighted by molar-refractivity contribution is 4.61. The topological polar surface area (TPSA) is 8.88 Å². The summed E-state index contributed by atoms with van der Waals surface area (Å²) in [6.07, 6.45) is 10.4. The molecular formula is C14H30N2+2. The Morgan fingerprint density at radius 3 is 1.94 bits per heavy atom. The van der Waals surface area contributed by atoms with Gasteiger partial charge in [-0.05, 0) is 32.6 Å². The molecule has 2 saturated heterocycles. The Hall–Kier alpha value is -0.0800. The van der Waals surface area contributed by atoms with Crippen LogP contribution in [0.1, 0.15) is 51.9 Å². The van der Waals surface area contributed by atoms with Crippen LogP contribution < -0.4 is 9.80 Å². The lowest BCUT2D eigenvalue weighted by atomic mass is 10.0. The highest BCUT2D eigenvalue weighted by Crippen LogP contribution is 2.04. The molecule has 94 valence electrons. The van der Waals surface area contributed by atoms with E-state index < -0.39 is 0 Å². The average Bonchev–Trinajstić information content (AvgIpc) is 2.29. The van der Waals surface area contributed by atoms with Crippen LogP contribution in [0.3, 0.4) is 0 Å². The molecule has 2 heterocycles. The largest absolute Gasteiger partial charge is 0.335 e. The van der Waals surface area contributed by atoms with Crippen LogP contribution in [0.5, 0.6) is 0 Å². The van der Waals surface area contributed by atoms with E-state index in [2.05, 4.69) is 6.92 Å². The number of quaternary nitrogens is 2. The predicted octanol–water partition coefficient (Wildman–Crippen LogP) is -0.0974. The molecule has 0 bridgehead atoms. The van der Waals surface area contributed by atoms with E-state index in [1.165, 1.54) is 77.7 Å². The van der Waals surface area contributed by atoms with Gasteiger partial charge in [0.1, 0.15) is 0 Å². The Kier molecular flexibility index (Phi) is 5.11. The van der Waals surface area contributed by atoms with Gasteiger partial charge in [0.2, 0.25) is 0 Å². The van der Waals surface area contributed by atoms with Crippen LogP contribution in [0.25, 0.3) is 0 Å². The zero-order valence-electron chi connectivity index (χ0n) is 11.1. The van der Waals surface area contributed by atoms with Gasteiger partial charge in [-0.3, -0.25) is 0 Å². The zero-order chi connectivity index (χ0) is 11.2. The van der Waals surface area contributed by atoms with Crippen molar-refractivity contribution >= 4 is 0 Å². The van der Waals surface area contributed by atoms with Crippen LogP contribution in [0.15, 0.2) is 0 Å². The summed E-state index contributed by atoms with van der Waals surface area (Å²) in [5.41, 5.74) is 0. The van der Waals surface area contributed by atoms with Crippen molar-refractivity contribution in [3.05, 3.63) is 0 Å². The van der Waals surface area contributed by atoms with Gasteiger partial charge in [0, 0.05) is 12.8 Å². The molecule has 0 aromatic heterocycles. The van der Waals surface area contributed by atoms with E-state index in [4.69, 9.17) is 0 Å². The molecule has 0 radical (unpaired) electrons. The maximum atomic E-state index is 2.33. The van der Waals surface area contributed by atoms with Gasteiger partial charge in [-0.25, -0.2) is 0 Å². The van der Waals surface area contributed by atoms with Crippen LogP contribution >= 0.6 is 0 Å². The highest BCUT2D eigenvalue weighted by Gasteiger charge is 2.28. The van der Waals surface area contributed by atoms with E-state index in [0.29, 0.717) is 0 Å². The second-order valence-electron chi connectivity index (χ2n) is 5.80. The first kappa shape index (κ1) is 12.4. The van der Waals surface area contributed by atoms with Gasteiger partial charge in [0.15, 0.2) is 0 Å². The molecule has 0 atom stereocenters. The minimum Gasteiger partial charge on any atom is -0.335 e. The second kappa shape index (κ2) is 6.61. The molecule has 2 fully saturated rings. The monoisotopic (exact) mass is 226 g/mol. The third kappa shape index (κ3) is 3.46. The van der Waals surface area contributed by atoms with Gasteiger partial charge >= 0.3 is 0 Å². The van der Waals surface area contributed by atoms with Crippen molar-refractivity contribution in [2.24, 2.45) is 0 Å². The van der Waals surface area contributed by atoms with Crippen LogP contribution in [-0.4, -0.2) is 38.8 Å². The third-order valence-corrected chi connectivity index (χ3v) is 4.77. The van der Waals surface area contributed by atoms with Crippen LogP contribution in [0.4, 0.5) is 0 Å². The van der Waals surface area contributed by atoms with Crippen LogP contribution in [0, 0.1) is 0 Å². The lowest BCUT2D eigenvalue weighted by Gasteiger charge is -2.34. The van der Waals surface area contributed by atoms with E-state index in [1.54, 1.807) is 0 Å². The molecule has 2 aliphatic heterocycles. The minimum atomic E-state index is 1.01. The fourth-order valence-electron chi connectivity index (χ4n) is 3.56. The summed E-state index contributed by atoms with van der Waals surface area (Å²) in [6, 6.07) is 1.01. The number of likely N-dealkylation sites (tertiary alicyclic amines) is 2. The summed E-state index contributed by atoms with van der Waals surface area (Å²) < 4.78 is 0. The Balaban J connectivity index is 1.77. The number of hydrogen-bond donors (Lipinski definition) is 2. The molecule has 2 heteroatoms. The molecule has 0 aromatic rings. The van der Waals surface area contributed by atoms with Gasteiger partial charge < -0.3 is 9.80 Å². The average molecular weight is 226 g/mol. The molecule has 0 aliphatic carbocycles. The summed E-state index contributed by atoms with van der Waals surface area (Å²) in [4.78, 5) is 3.79. The fourth-order valence-corrected chi connectivity index (χ4v) is 3.56. The Morgan fingerprint density at radius 2 is 1.38 bits per heavy atom. The smallest absolute Gasteiger partial charge is 0.0983 e. The Labute approximate surface area is 101 Å². The van der Waals surface area contributed by atoms with E-state index >= 15 is 0 Å². The van der Waals surface area contributed by atoms with E-state index in [-0.39, 0.29) is 0 Å². The van der Waals surface area contributed by atoms with Gasteiger partial charge in [-0.15, -0.1) is 0 Å². The molecule has 0 amide bonds. The number of rotatable bonds is 2. The van der Waals surface area contributed by atoms with Gasteiger partial charge in [0.05, 0.1) is 38.8 Å². The Bertz CT molecular complexity index is 177. The fraction of sp³-hybridized carbons (Fsp3) is 1.00. The zero-order valence-corrected chi connectivity index (χ0v) is 11.1. The van der Waals surface area contributed by atoms with Crippen molar-refractivity contribution in [3.8, 4) is 0 Å². The van der Waals surface area contributed by atoms with E-state index in [1.807, 2.05) is 9.80 Å². The van der Waals surface area contributed by atoms with Gasteiger partial charge in [-0.1, -0.05) is 6.42 Å². The third-order valence-electron chi connectivity index (χ3n) is 4.77. The molecule has 2 rings (SSSR count). The quantitative estimate of drug-likeness (QED) is 0.651. The van der Waals surface area contributed by atoms with Gasteiger partial charge in [0.25, 0.3) is 0 Å². The maximum absolute atomic E-state index is 2.33. The summed E-state index contributed by atoms with van der Waals surface area (Å²) in [6.45, 7) is 9.47. The molecular weight excluding hydrogens is 196 g/mol. The number of piperidine rings is 1. The first-order valence-electron chi connectivity index (χ1n) is 7.58. The van der Waals surface area contributed by atoms with Crippen molar-refractivity contribution in [1.82, 2.24) is 0 Å². The molecule has 0 spiro atoms. The number of nitrogens with one attached hydrogen (secondary N) is 2. The van der Waals surface area contributed by atoms with Crippen molar-refractivity contribution in [2.45, 2.75) is 57.9 Å².